The molecule has 3 aromatic rings. The van der Waals surface area contributed by atoms with Crippen LogP contribution in [0.1, 0.15) is 16.7 Å². The lowest BCUT2D eigenvalue weighted by Crippen LogP contribution is -2.45. The number of ether oxygens (including phenoxy) is 1. The molecular formula is C23H27N3O. The molecular weight excluding hydrogens is 334 g/mol. The normalized spacial score (nSPS) is 15.9. The number of hydrogen-bond donors (Lipinski definition) is 0. The molecule has 4 heteroatoms. The van der Waals surface area contributed by atoms with E-state index in [1.807, 2.05) is 18.3 Å². The van der Waals surface area contributed by atoms with Crippen LogP contribution in [0.5, 0.6) is 5.75 Å². The molecule has 2 heterocycles. The number of pyridine rings is 1. The maximum Gasteiger partial charge on any atom is 0.119 e. The first kappa shape index (κ1) is 18.0. The third kappa shape index (κ3) is 4.12. The van der Waals surface area contributed by atoms with Gasteiger partial charge in [-0.2, -0.15) is 0 Å². The van der Waals surface area contributed by atoms with Crippen LogP contribution in [0.25, 0.3) is 10.9 Å². The van der Waals surface area contributed by atoms with E-state index >= 15 is 0 Å². The number of aromatic nitrogens is 1. The van der Waals surface area contributed by atoms with Crippen LogP contribution in [0.15, 0.2) is 54.7 Å². The van der Waals surface area contributed by atoms with Crippen LogP contribution in [0.2, 0.25) is 0 Å². The largest absolute Gasteiger partial charge is 0.497 e. The Labute approximate surface area is 161 Å². The first-order chi connectivity index (χ1) is 13.2. The van der Waals surface area contributed by atoms with Gasteiger partial charge in [-0.15, -0.1) is 0 Å². The molecule has 0 amide bonds. The third-order valence-corrected chi connectivity index (χ3v) is 5.52. The van der Waals surface area contributed by atoms with Gasteiger partial charge in [-0.25, -0.2) is 0 Å². The molecule has 0 saturated carbocycles. The van der Waals surface area contributed by atoms with Crippen molar-refractivity contribution >= 4 is 10.9 Å². The summed E-state index contributed by atoms with van der Waals surface area (Å²) in [6.45, 7) is 8.59. The van der Waals surface area contributed by atoms with Gasteiger partial charge in [0.05, 0.1) is 12.6 Å². The number of piperazine rings is 1. The van der Waals surface area contributed by atoms with E-state index in [2.05, 4.69) is 58.1 Å². The molecule has 140 valence electrons. The van der Waals surface area contributed by atoms with Crippen molar-refractivity contribution in [2.75, 3.05) is 33.3 Å². The molecule has 27 heavy (non-hydrogen) atoms. The topological polar surface area (TPSA) is 28.6 Å². The predicted molar refractivity (Wildman–Crippen MR) is 110 cm³/mol. The molecule has 0 unspecified atom stereocenters. The highest BCUT2D eigenvalue weighted by atomic mass is 16.5. The summed E-state index contributed by atoms with van der Waals surface area (Å²) in [7, 11) is 1.72. The van der Waals surface area contributed by atoms with E-state index in [4.69, 9.17) is 4.74 Å². The molecule has 0 bridgehead atoms. The van der Waals surface area contributed by atoms with E-state index < -0.39 is 0 Å². The standard InChI is InChI=1S/C23H27N3O/c1-18-8-9-23-21(7-4-10-24-23)22(18)17-26-13-11-25(12-14-26)16-19-5-3-6-20(15-19)27-2/h3-10,15H,11-14,16-17H2,1-2H3. The van der Waals surface area contributed by atoms with E-state index in [-0.39, 0.29) is 0 Å². The van der Waals surface area contributed by atoms with Crippen LogP contribution in [0, 0.1) is 6.92 Å². The molecule has 1 aliphatic rings. The minimum atomic E-state index is 0.936. The van der Waals surface area contributed by atoms with E-state index in [0.717, 1.165) is 50.5 Å². The average molecular weight is 361 g/mol. The monoisotopic (exact) mass is 361 g/mol. The maximum atomic E-state index is 5.34. The number of hydrogen-bond acceptors (Lipinski definition) is 4. The smallest absolute Gasteiger partial charge is 0.119 e. The van der Waals surface area contributed by atoms with Gasteiger partial charge < -0.3 is 4.74 Å². The van der Waals surface area contributed by atoms with Crippen LogP contribution in [-0.2, 0) is 13.1 Å². The molecule has 1 aliphatic heterocycles. The van der Waals surface area contributed by atoms with Crippen molar-refractivity contribution in [3.8, 4) is 5.75 Å². The SMILES string of the molecule is COc1cccc(CN2CCN(Cc3c(C)ccc4ncccc34)CC2)c1. The molecule has 0 atom stereocenters. The summed E-state index contributed by atoms with van der Waals surface area (Å²) in [5, 5.41) is 1.29. The molecule has 4 rings (SSSR count). The van der Waals surface area contributed by atoms with Gasteiger partial charge in [0.15, 0.2) is 0 Å². The Hall–Kier alpha value is -2.43. The Bertz CT molecular complexity index is 916. The second-order valence-corrected chi connectivity index (χ2v) is 7.33. The molecule has 0 radical (unpaired) electrons. The molecule has 2 aromatic carbocycles. The lowest BCUT2D eigenvalue weighted by Gasteiger charge is -2.35. The van der Waals surface area contributed by atoms with Crippen molar-refractivity contribution in [3.63, 3.8) is 0 Å². The summed E-state index contributed by atoms with van der Waals surface area (Å²) in [6, 6.07) is 17.0. The van der Waals surface area contributed by atoms with E-state index in [1.54, 1.807) is 7.11 Å². The summed E-state index contributed by atoms with van der Waals surface area (Å²) in [5.74, 6) is 0.936. The van der Waals surface area contributed by atoms with Crippen LogP contribution in [-0.4, -0.2) is 48.1 Å². The molecule has 0 N–H and O–H groups in total. The summed E-state index contributed by atoms with van der Waals surface area (Å²) in [5.41, 5.74) is 5.18. The Kier molecular flexibility index (Phi) is 5.37. The zero-order valence-corrected chi connectivity index (χ0v) is 16.2. The Morgan fingerprint density at radius 1 is 0.926 bits per heavy atom. The Morgan fingerprint density at radius 2 is 1.70 bits per heavy atom. The predicted octanol–water partition coefficient (Wildman–Crippen LogP) is 3.87. The average Bonchev–Trinajstić information content (AvgIpc) is 2.71. The van der Waals surface area contributed by atoms with Crippen LogP contribution < -0.4 is 4.74 Å². The van der Waals surface area contributed by atoms with E-state index in [0.29, 0.717) is 0 Å². The summed E-state index contributed by atoms with van der Waals surface area (Å²) in [4.78, 5) is 9.61. The van der Waals surface area contributed by atoms with Crippen molar-refractivity contribution in [3.05, 3.63) is 71.4 Å². The Balaban J connectivity index is 1.39. The quantitative estimate of drug-likeness (QED) is 0.690. The number of aryl methyl sites for hydroxylation is 1. The minimum Gasteiger partial charge on any atom is -0.497 e. The minimum absolute atomic E-state index is 0.936. The van der Waals surface area contributed by atoms with Crippen LogP contribution >= 0.6 is 0 Å². The molecule has 4 nitrogen and oxygen atoms in total. The lowest BCUT2D eigenvalue weighted by molar-refractivity contribution is 0.122. The number of benzene rings is 2. The third-order valence-electron chi connectivity index (χ3n) is 5.52. The van der Waals surface area contributed by atoms with E-state index in [9.17, 15) is 0 Å². The number of nitrogens with zero attached hydrogens (tertiary/aromatic N) is 3. The zero-order chi connectivity index (χ0) is 18.6. The molecule has 0 aliphatic carbocycles. The van der Waals surface area contributed by atoms with Gasteiger partial charge in [0.25, 0.3) is 0 Å². The first-order valence-corrected chi connectivity index (χ1v) is 9.64. The van der Waals surface area contributed by atoms with Gasteiger partial charge in [-0.3, -0.25) is 14.8 Å². The van der Waals surface area contributed by atoms with Crippen molar-refractivity contribution in [2.45, 2.75) is 20.0 Å². The van der Waals surface area contributed by atoms with Crippen molar-refractivity contribution in [1.82, 2.24) is 14.8 Å². The van der Waals surface area contributed by atoms with Crippen molar-refractivity contribution < 1.29 is 4.74 Å². The van der Waals surface area contributed by atoms with Gasteiger partial charge >= 0.3 is 0 Å². The molecule has 1 fully saturated rings. The fourth-order valence-electron chi connectivity index (χ4n) is 3.89. The van der Waals surface area contributed by atoms with Gasteiger partial charge in [-0.05, 0) is 47.9 Å². The highest BCUT2D eigenvalue weighted by molar-refractivity contribution is 5.83. The number of rotatable bonds is 5. The summed E-state index contributed by atoms with van der Waals surface area (Å²) < 4.78 is 5.34. The van der Waals surface area contributed by atoms with E-state index in [1.165, 1.54) is 22.1 Å². The lowest BCUT2D eigenvalue weighted by atomic mass is 10.0. The maximum absolute atomic E-state index is 5.34. The summed E-state index contributed by atoms with van der Waals surface area (Å²) in [6.07, 6.45) is 1.87. The highest BCUT2D eigenvalue weighted by Crippen LogP contribution is 2.23. The van der Waals surface area contributed by atoms with Gasteiger partial charge in [0.1, 0.15) is 5.75 Å². The highest BCUT2D eigenvalue weighted by Gasteiger charge is 2.18. The van der Waals surface area contributed by atoms with Gasteiger partial charge in [0.2, 0.25) is 0 Å². The second kappa shape index (κ2) is 8.07. The van der Waals surface area contributed by atoms with Crippen LogP contribution in [0.4, 0.5) is 0 Å². The Morgan fingerprint density at radius 3 is 2.48 bits per heavy atom. The summed E-state index contributed by atoms with van der Waals surface area (Å²) >= 11 is 0. The van der Waals surface area contributed by atoms with Gasteiger partial charge in [-0.1, -0.05) is 24.3 Å². The number of methoxy groups -OCH3 is 1. The molecule has 1 saturated heterocycles. The van der Waals surface area contributed by atoms with Crippen molar-refractivity contribution in [1.29, 1.82) is 0 Å². The van der Waals surface area contributed by atoms with Crippen molar-refractivity contribution in [2.24, 2.45) is 0 Å². The fraction of sp³-hybridized carbons (Fsp3) is 0.348. The zero-order valence-electron chi connectivity index (χ0n) is 16.2. The molecule has 1 aromatic heterocycles. The number of fused-ring (bicyclic) bond motifs is 1. The van der Waals surface area contributed by atoms with Crippen LogP contribution in [0.3, 0.4) is 0 Å². The first-order valence-electron chi connectivity index (χ1n) is 9.64. The van der Waals surface area contributed by atoms with Gasteiger partial charge in [0, 0.05) is 50.9 Å². The molecule has 0 spiro atoms. The second-order valence-electron chi connectivity index (χ2n) is 7.33. The fourth-order valence-corrected chi connectivity index (χ4v) is 3.89.